The molecular weight excluding hydrogens is 382 g/mol. The molecule has 6 nitrogen and oxygen atoms in total. The van der Waals surface area contributed by atoms with Gasteiger partial charge < -0.3 is 19.5 Å². The molecule has 0 unspecified atom stereocenters. The fourth-order valence-electron chi connectivity index (χ4n) is 3.70. The Bertz CT molecular complexity index is 672. The average molecular weight is 420 g/mol. The minimum absolute atomic E-state index is 0.0556. The molecule has 30 heavy (non-hydrogen) atoms. The van der Waals surface area contributed by atoms with Gasteiger partial charge in [-0.25, -0.2) is 0 Å². The van der Waals surface area contributed by atoms with Crippen LogP contribution < -0.4 is 10.1 Å². The summed E-state index contributed by atoms with van der Waals surface area (Å²) in [6, 6.07) is 7.82. The quantitative estimate of drug-likeness (QED) is 0.456. The molecule has 1 fully saturated rings. The molecule has 0 bridgehead atoms. The predicted octanol–water partition coefficient (Wildman–Crippen LogP) is 4.05. The highest BCUT2D eigenvalue weighted by Crippen LogP contribution is 2.37. The zero-order valence-corrected chi connectivity index (χ0v) is 18.9. The lowest BCUT2D eigenvalue weighted by atomic mass is 9.75. The van der Waals surface area contributed by atoms with Gasteiger partial charge in [-0.15, -0.1) is 0 Å². The van der Waals surface area contributed by atoms with E-state index in [0.717, 1.165) is 56.5 Å². The lowest BCUT2D eigenvalue weighted by molar-refractivity contribution is -0.170. The lowest BCUT2D eigenvalue weighted by Gasteiger charge is -2.37. The van der Waals surface area contributed by atoms with E-state index >= 15 is 0 Å². The molecule has 2 rings (SSSR count). The van der Waals surface area contributed by atoms with Crippen LogP contribution in [0.25, 0.3) is 0 Å². The van der Waals surface area contributed by atoms with Crippen molar-refractivity contribution in [3.05, 3.63) is 29.8 Å². The number of hydrogen-bond donors (Lipinski definition) is 1. The van der Waals surface area contributed by atoms with Crippen LogP contribution in [0.4, 0.5) is 0 Å². The molecule has 0 spiro atoms. The molecule has 0 aromatic heterocycles. The molecule has 1 aliphatic heterocycles. The number of methoxy groups -OCH3 is 1. The van der Waals surface area contributed by atoms with Crippen LogP contribution in [0.1, 0.15) is 64.9 Å². The van der Waals surface area contributed by atoms with Gasteiger partial charge in [0, 0.05) is 6.42 Å². The molecule has 0 radical (unpaired) electrons. The Kier molecular flexibility index (Phi) is 9.15. The predicted molar refractivity (Wildman–Crippen MR) is 117 cm³/mol. The van der Waals surface area contributed by atoms with Crippen molar-refractivity contribution in [3.63, 3.8) is 0 Å². The molecule has 0 aliphatic carbocycles. The zero-order chi connectivity index (χ0) is 22.0. The van der Waals surface area contributed by atoms with Gasteiger partial charge in [-0.3, -0.25) is 9.59 Å². The molecule has 0 saturated carbocycles. The van der Waals surface area contributed by atoms with Crippen molar-refractivity contribution in [2.24, 2.45) is 5.41 Å². The van der Waals surface area contributed by atoms with Gasteiger partial charge in [-0.1, -0.05) is 12.1 Å². The van der Waals surface area contributed by atoms with Crippen LogP contribution in [0, 0.1) is 5.41 Å². The molecule has 0 atom stereocenters. The largest absolute Gasteiger partial charge is 0.494 e. The third-order valence-corrected chi connectivity index (χ3v) is 5.48. The van der Waals surface area contributed by atoms with Gasteiger partial charge in [0.15, 0.2) is 0 Å². The minimum atomic E-state index is -0.457. The first-order valence-corrected chi connectivity index (χ1v) is 11.0. The third kappa shape index (κ3) is 7.98. The molecular formula is C24H37NO5. The van der Waals surface area contributed by atoms with E-state index in [0.29, 0.717) is 19.4 Å². The topological polar surface area (TPSA) is 73.9 Å². The van der Waals surface area contributed by atoms with Gasteiger partial charge in [0.25, 0.3) is 0 Å². The van der Waals surface area contributed by atoms with Crippen molar-refractivity contribution in [2.45, 2.75) is 71.3 Å². The molecule has 6 heteroatoms. The van der Waals surface area contributed by atoms with Crippen molar-refractivity contribution >= 4 is 11.9 Å². The standard InChI is InChI=1S/C24H37NO5/c1-23(2,3)30-22(27)24(14-16-25-17-15-24)13-5-6-18-29-20-10-7-19(8-11-20)9-12-21(26)28-4/h7-8,10-11,25H,5-6,9,12-18H2,1-4H3. The van der Waals surface area contributed by atoms with Crippen LogP contribution in [0.2, 0.25) is 0 Å². The van der Waals surface area contributed by atoms with Crippen LogP contribution in [-0.2, 0) is 25.5 Å². The first-order chi connectivity index (χ1) is 14.2. The summed E-state index contributed by atoms with van der Waals surface area (Å²) in [5.74, 6) is 0.564. The maximum atomic E-state index is 12.9. The smallest absolute Gasteiger partial charge is 0.312 e. The Balaban J connectivity index is 1.75. The van der Waals surface area contributed by atoms with Crippen LogP contribution in [-0.4, -0.2) is 44.3 Å². The van der Waals surface area contributed by atoms with Crippen molar-refractivity contribution in [1.29, 1.82) is 0 Å². The number of benzene rings is 1. The van der Waals surface area contributed by atoms with Gasteiger partial charge in [-0.05, 0) is 90.1 Å². The Labute approximate surface area is 180 Å². The highest BCUT2D eigenvalue weighted by molar-refractivity contribution is 5.77. The monoisotopic (exact) mass is 419 g/mol. The second-order valence-corrected chi connectivity index (χ2v) is 9.06. The number of ether oxygens (including phenoxy) is 3. The molecule has 1 aromatic rings. The summed E-state index contributed by atoms with van der Waals surface area (Å²) in [7, 11) is 1.40. The maximum Gasteiger partial charge on any atom is 0.312 e. The molecule has 168 valence electrons. The summed E-state index contributed by atoms with van der Waals surface area (Å²) in [4.78, 5) is 24.1. The molecule has 0 amide bonds. The Morgan fingerprint density at radius 2 is 1.73 bits per heavy atom. The van der Waals surface area contributed by atoms with Crippen molar-refractivity contribution < 1.29 is 23.8 Å². The maximum absolute atomic E-state index is 12.9. The van der Waals surface area contributed by atoms with Crippen LogP contribution in [0.15, 0.2) is 24.3 Å². The number of rotatable bonds is 10. The second-order valence-electron chi connectivity index (χ2n) is 9.06. The fraction of sp³-hybridized carbons (Fsp3) is 0.667. The molecule has 1 N–H and O–H groups in total. The van der Waals surface area contributed by atoms with Gasteiger partial charge in [0.1, 0.15) is 11.4 Å². The first kappa shape index (κ1) is 24.2. The van der Waals surface area contributed by atoms with Crippen LogP contribution in [0.5, 0.6) is 5.75 Å². The third-order valence-electron chi connectivity index (χ3n) is 5.48. The molecule has 1 heterocycles. The van der Waals surface area contributed by atoms with Crippen molar-refractivity contribution in [1.82, 2.24) is 5.32 Å². The van der Waals surface area contributed by atoms with E-state index in [1.165, 1.54) is 7.11 Å². The number of hydrogen-bond acceptors (Lipinski definition) is 6. The highest BCUT2D eigenvalue weighted by Gasteiger charge is 2.41. The minimum Gasteiger partial charge on any atom is -0.494 e. The van der Waals surface area contributed by atoms with E-state index in [4.69, 9.17) is 9.47 Å². The van der Waals surface area contributed by atoms with Gasteiger partial charge in [0.2, 0.25) is 0 Å². The normalized spacial score (nSPS) is 16.0. The van der Waals surface area contributed by atoms with Crippen molar-refractivity contribution in [3.8, 4) is 5.75 Å². The Hall–Kier alpha value is -2.08. The number of unbranched alkanes of at least 4 members (excludes halogenated alkanes) is 1. The average Bonchev–Trinajstić information content (AvgIpc) is 2.72. The van der Waals surface area contributed by atoms with Gasteiger partial charge in [0.05, 0.1) is 19.1 Å². The second kappa shape index (κ2) is 11.3. The Morgan fingerprint density at radius 3 is 2.33 bits per heavy atom. The van der Waals surface area contributed by atoms with Crippen LogP contribution in [0.3, 0.4) is 0 Å². The van der Waals surface area contributed by atoms with Gasteiger partial charge in [-0.2, -0.15) is 0 Å². The SMILES string of the molecule is COC(=O)CCc1ccc(OCCCCC2(C(=O)OC(C)(C)C)CCNCC2)cc1. The number of esters is 2. The summed E-state index contributed by atoms with van der Waals surface area (Å²) in [5.41, 5.74) is 0.249. The number of piperidine rings is 1. The molecule has 1 aliphatic rings. The van der Waals surface area contributed by atoms with Gasteiger partial charge >= 0.3 is 11.9 Å². The zero-order valence-electron chi connectivity index (χ0n) is 18.9. The van der Waals surface area contributed by atoms with E-state index in [1.807, 2.05) is 45.0 Å². The Morgan fingerprint density at radius 1 is 1.07 bits per heavy atom. The summed E-state index contributed by atoms with van der Waals surface area (Å²) in [5, 5.41) is 3.35. The van der Waals surface area contributed by atoms with Crippen molar-refractivity contribution in [2.75, 3.05) is 26.8 Å². The summed E-state index contributed by atoms with van der Waals surface area (Å²) in [6.45, 7) is 8.11. The van der Waals surface area contributed by atoms with E-state index in [2.05, 4.69) is 10.1 Å². The van der Waals surface area contributed by atoms with E-state index in [1.54, 1.807) is 0 Å². The number of carbonyl (C=O) groups is 2. The fourth-order valence-corrected chi connectivity index (χ4v) is 3.70. The number of aryl methyl sites for hydroxylation is 1. The van der Waals surface area contributed by atoms with E-state index in [9.17, 15) is 9.59 Å². The number of carbonyl (C=O) groups excluding carboxylic acids is 2. The summed E-state index contributed by atoms with van der Waals surface area (Å²) >= 11 is 0. The van der Waals surface area contributed by atoms with E-state index < -0.39 is 5.60 Å². The molecule has 1 aromatic carbocycles. The summed E-state index contributed by atoms with van der Waals surface area (Å²) < 4.78 is 16.2. The lowest BCUT2D eigenvalue weighted by Crippen LogP contribution is -2.45. The number of nitrogens with one attached hydrogen (secondary N) is 1. The van der Waals surface area contributed by atoms with Crippen LogP contribution >= 0.6 is 0 Å². The summed E-state index contributed by atoms with van der Waals surface area (Å²) in [6.07, 6.45) is 5.35. The van der Waals surface area contributed by atoms with E-state index in [-0.39, 0.29) is 17.4 Å². The molecule has 1 saturated heterocycles. The first-order valence-electron chi connectivity index (χ1n) is 11.0. The highest BCUT2D eigenvalue weighted by atomic mass is 16.6.